The first-order valence-corrected chi connectivity index (χ1v) is 7.04. The van der Waals surface area contributed by atoms with E-state index in [4.69, 9.17) is 15.0 Å². The van der Waals surface area contributed by atoms with Crippen LogP contribution in [0.5, 0.6) is 5.88 Å². The molecule has 0 aliphatic carbocycles. The Balaban J connectivity index is 1.86. The highest BCUT2D eigenvalue weighted by Crippen LogP contribution is 2.34. The molecule has 0 bridgehead atoms. The fraction of sp³-hybridized carbons (Fsp3) is 0.462. The summed E-state index contributed by atoms with van der Waals surface area (Å²) >= 11 is 0. The lowest BCUT2D eigenvalue weighted by atomic mass is 10.2. The van der Waals surface area contributed by atoms with Crippen LogP contribution in [0.4, 0.5) is 5.82 Å². The number of nitrogens with zero attached hydrogens (tertiary/aromatic N) is 5. The Morgan fingerprint density at radius 1 is 1.55 bits per heavy atom. The van der Waals surface area contributed by atoms with Gasteiger partial charge in [0.05, 0.1) is 6.61 Å². The van der Waals surface area contributed by atoms with Crippen molar-refractivity contribution in [2.75, 3.05) is 18.1 Å². The van der Waals surface area contributed by atoms with Gasteiger partial charge in [0.15, 0.2) is 0 Å². The number of rotatable bonds is 5. The van der Waals surface area contributed by atoms with E-state index in [1.54, 1.807) is 6.07 Å². The smallest absolute Gasteiger partial charge is 0.290 e. The molecular formula is C13H16N6O3. The third-order valence-corrected chi connectivity index (χ3v) is 3.41. The number of hydrogen-bond donors (Lipinski definition) is 1. The van der Waals surface area contributed by atoms with Gasteiger partial charge in [-0.15, -0.1) is 0 Å². The van der Waals surface area contributed by atoms with E-state index in [2.05, 4.69) is 20.1 Å². The topological polar surface area (TPSA) is 120 Å². The number of anilines is 1. The van der Waals surface area contributed by atoms with Crippen molar-refractivity contribution in [3.63, 3.8) is 0 Å². The molecule has 1 fully saturated rings. The van der Waals surface area contributed by atoms with Crippen molar-refractivity contribution < 1.29 is 14.1 Å². The van der Waals surface area contributed by atoms with Crippen LogP contribution in [-0.2, 0) is 0 Å². The molecule has 1 saturated heterocycles. The number of amides is 1. The van der Waals surface area contributed by atoms with Gasteiger partial charge in [0, 0.05) is 12.6 Å². The van der Waals surface area contributed by atoms with Crippen molar-refractivity contribution in [1.82, 2.24) is 20.1 Å². The summed E-state index contributed by atoms with van der Waals surface area (Å²) in [6.45, 7) is 3.22. The molecule has 2 N–H and O–H groups in total. The summed E-state index contributed by atoms with van der Waals surface area (Å²) in [6.07, 6.45) is 3.24. The molecule has 9 nitrogen and oxygen atoms in total. The average molecular weight is 304 g/mol. The maximum absolute atomic E-state index is 11.1. The second-order valence-electron chi connectivity index (χ2n) is 4.82. The maximum atomic E-state index is 11.1. The Labute approximate surface area is 126 Å². The normalized spacial score (nSPS) is 17.7. The number of carbonyl (C=O) groups is 1. The lowest BCUT2D eigenvalue weighted by molar-refractivity contribution is 0.0987. The molecule has 116 valence electrons. The Bertz CT molecular complexity index is 673. The van der Waals surface area contributed by atoms with Crippen LogP contribution in [0.3, 0.4) is 0 Å². The Morgan fingerprint density at radius 2 is 2.41 bits per heavy atom. The number of aromatic nitrogens is 4. The van der Waals surface area contributed by atoms with Gasteiger partial charge in [-0.3, -0.25) is 4.79 Å². The predicted molar refractivity (Wildman–Crippen MR) is 75.3 cm³/mol. The molecule has 2 aromatic heterocycles. The van der Waals surface area contributed by atoms with Crippen molar-refractivity contribution in [1.29, 1.82) is 0 Å². The number of nitrogens with two attached hydrogens (primary N) is 1. The van der Waals surface area contributed by atoms with E-state index < -0.39 is 5.91 Å². The molecule has 0 spiro atoms. The molecule has 3 heterocycles. The fourth-order valence-electron chi connectivity index (χ4n) is 2.48. The molecule has 1 atom stereocenters. The minimum Gasteiger partial charge on any atom is -0.478 e. The third kappa shape index (κ3) is 2.69. The van der Waals surface area contributed by atoms with Crippen LogP contribution < -0.4 is 15.4 Å². The van der Waals surface area contributed by atoms with Gasteiger partial charge < -0.3 is 19.9 Å². The SMILES string of the molecule is CCOc1cc(N2CCC[C@@H]2c2nc(C(N)=O)no2)ncn1. The van der Waals surface area contributed by atoms with Crippen molar-refractivity contribution >= 4 is 11.7 Å². The number of ether oxygens (including phenoxy) is 1. The molecule has 9 heteroatoms. The lowest BCUT2D eigenvalue weighted by Gasteiger charge is -2.22. The molecule has 2 aromatic rings. The monoisotopic (exact) mass is 304 g/mol. The van der Waals surface area contributed by atoms with Gasteiger partial charge in [0.25, 0.3) is 11.7 Å². The molecule has 22 heavy (non-hydrogen) atoms. The van der Waals surface area contributed by atoms with Gasteiger partial charge in [-0.25, -0.2) is 9.97 Å². The van der Waals surface area contributed by atoms with E-state index in [9.17, 15) is 4.79 Å². The standard InChI is InChI=1S/C13H16N6O3/c1-2-21-10-6-9(15-7-16-10)19-5-3-4-8(19)13-17-12(11(14)20)18-22-13/h6-8H,2-5H2,1H3,(H2,14,20)/t8-/m1/s1. The maximum Gasteiger partial charge on any atom is 0.290 e. The number of primary amides is 1. The van der Waals surface area contributed by atoms with Gasteiger partial charge in [-0.1, -0.05) is 5.16 Å². The Morgan fingerprint density at radius 3 is 3.14 bits per heavy atom. The lowest BCUT2D eigenvalue weighted by Crippen LogP contribution is -2.24. The van der Waals surface area contributed by atoms with Crippen LogP contribution in [0.2, 0.25) is 0 Å². The molecule has 0 aromatic carbocycles. The summed E-state index contributed by atoms with van der Waals surface area (Å²) < 4.78 is 10.6. The van der Waals surface area contributed by atoms with Crippen LogP contribution >= 0.6 is 0 Å². The molecule has 1 aliphatic rings. The van der Waals surface area contributed by atoms with E-state index in [0.29, 0.717) is 18.4 Å². The van der Waals surface area contributed by atoms with Crippen molar-refractivity contribution in [2.24, 2.45) is 5.73 Å². The van der Waals surface area contributed by atoms with Gasteiger partial charge in [0.2, 0.25) is 11.8 Å². The Hall–Kier alpha value is -2.71. The highest BCUT2D eigenvalue weighted by molar-refractivity contribution is 5.88. The fourth-order valence-corrected chi connectivity index (χ4v) is 2.48. The predicted octanol–water partition coefficient (Wildman–Crippen LogP) is 0.699. The van der Waals surface area contributed by atoms with Crippen LogP contribution in [0, 0.1) is 0 Å². The van der Waals surface area contributed by atoms with Crippen LogP contribution in [-0.4, -0.2) is 39.2 Å². The van der Waals surface area contributed by atoms with Gasteiger partial charge in [-0.2, -0.15) is 4.98 Å². The molecule has 0 unspecified atom stereocenters. The molecule has 1 aliphatic heterocycles. The summed E-state index contributed by atoms with van der Waals surface area (Å²) in [7, 11) is 0. The number of carbonyl (C=O) groups excluding carboxylic acids is 1. The summed E-state index contributed by atoms with van der Waals surface area (Å²) in [4.78, 5) is 25.5. The average Bonchev–Trinajstić information content (AvgIpc) is 3.17. The molecule has 0 radical (unpaired) electrons. The molecule has 1 amide bonds. The van der Waals surface area contributed by atoms with E-state index in [-0.39, 0.29) is 11.9 Å². The van der Waals surface area contributed by atoms with Gasteiger partial charge in [-0.05, 0) is 19.8 Å². The zero-order valence-corrected chi connectivity index (χ0v) is 12.1. The minimum atomic E-state index is -0.708. The molecular weight excluding hydrogens is 288 g/mol. The second-order valence-corrected chi connectivity index (χ2v) is 4.82. The summed E-state index contributed by atoms with van der Waals surface area (Å²) in [6, 6.07) is 1.64. The zero-order valence-electron chi connectivity index (χ0n) is 12.1. The molecule has 3 rings (SSSR count). The van der Waals surface area contributed by atoms with Crippen LogP contribution in [0.15, 0.2) is 16.9 Å². The van der Waals surface area contributed by atoms with Gasteiger partial charge in [0.1, 0.15) is 18.2 Å². The first kappa shape index (κ1) is 14.2. The summed E-state index contributed by atoms with van der Waals surface area (Å²) in [5.74, 6) is 0.781. The third-order valence-electron chi connectivity index (χ3n) is 3.41. The van der Waals surface area contributed by atoms with E-state index >= 15 is 0 Å². The van der Waals surface area contributed by atoms with Crippen molar-refractivity contribution in [2.45, 2.75) is 25.8 Å². The quantitative estimate of drug-likeness (QED) is 0.856. The zero-order chi connectivity index (χ0) is 15.5. The number of hydrogen-bond acceptors (Lipinski definition) is 8. The highest BCUT2D eigenvalue weighted by atomic mass is 16.5. The van der Waals surface area contributed by atoms with Crippen LogP contribution in [0.25, 0.3) is 0 Å². The van der Waals surface area contributed by atoms with Crippen molar-refractivity contribution in [3.8, 4) is 5.88 Å². The largest absolute Gasteiger partial charge is 0.478 e. The van der Waals surface area contributed by atoms with Crippen LogP contribution in [0.1, 0.15) is 42.3 Å². The summed E-state index contributed by atoms with van der Waals surface area (Å²) in [5.41, 5.74) is 5.15. The second kappa shape index (κ2) is 5.96. The first-order chi connectivity index (χ1) is 10.7. The molecule has 0 saturated carbocycles. The highest BCUT2D eigenvalue weighted by Gasteiger charge is 2.32. The van der Waals surface area contributed by atoms with E-state index in [0.717, 1.165) is 25.2 Å². The first-order valence-electron chi connectivity index (χ1n) is 7.04. The summed E-state index contributed by atoms with van der Waals surface area (Å²) in [5, 5.41) is 3.59. The van der Waals surface area contributed by atoms with E-state index in [1.807, 2.05) is 11.8 Å². The van der Waals surface area contributed by atoms with E-state index in [1.165, 1.54) is 6.33 Å². The van der Waals surface area contributed by atoms with Crippen molar-refractivity contribution in [3.05, 3.63) is 24.1 Å². The minimum absolute atomic E-state index is 0.112. The Kier molecular flexibility index (Phi) is 3.86. The van der Waals surface area contributed by atoms with Gasteiger partial charge >= 0.3 is 0 Å².